The van der Waals surface area contributed by atoms with E-state index in [-0.39, 0.29) is 0 Å². The molecule has 0 atom stereocenters. The van der Waals surface area contributed by atoms with Gasteiger partial charge in [-0.1, -0.05) is 29.8 Å². The summed E-state index contributed by atoms with van der Waals surface area (Å²) in [6, 6.07) is 5.76. The van der Waals surface area contributed by atoms with Gasteiger partial charge >= 0.3 is 0 Å². The van der Waals surface area contributed by atoms with Crippen molar-refractivity contribution in [3.63, 3.8) is 0 Å². The molecule has 0 saturated heterocycles. The largest absolute Gasteiger partial charge is 0.399 e. The molecule has 4 nitrogen and oxygen atoms in total. The summed E-state index contributed by atoms with van der Waals surface area (Å²) >= 11 is 3.43. The molecule has 2 aromatic rings. The molecule has 5 heteroatoms. The predicted molar refractivity (Wildman–Crippen MR) is 72.6 cm³/mol. The van der Waals surface area contributed by atoms with Gasteiger partial charge < -0.3 is 5.73 Å². The fraction of sp³-hybridized carbons (Fsp3) is 0.333. The monoisotopic (exact) mass is 294 g/mol. The molecule has 2 rings (SSSR count). The number of hydrogen-bond acceptors (Lipinski definition) is 3. The first-order valence-corrected chi connectivity index (χ1v) is 6.24. The highest BCUT2D eigenvalue weighted by Crippen LogP contribution is 2.25. The molecule has 0 aliphatic rings. The minimum atomic E-state index is 0.319. The van der Waals surface area contributed by atoms with Crippen molar-refractivity contribution in [3.05, 3.63) is 28.5 Å². The van der Waals surface area contributed by atoms with E-state index in [4.69, 9.17) is 5.73 Å². The van der Waals surface area contributed by atoms with Crippen LogP contribution in [0.1, 0.15) is 25.6 Å². The number of nitrogens with two attached hydrogens (primary N) is 1. The zero-order valence-corrected chi connectivity index (χ0v) is 11.7. The van der Waals surface area contributed by atoms with Crippen LogP contribution < -0.4 is 5.73 Å². The van der Waals surface area contributed by atoms with E-state index < -0.39 is 0 Å². The van der Waals surface area contributed by atoms with E-state index in [1.54, 1.807) is 4.68 Å². The van der Waals surface area contributed by atoms with Crippen LogP contribution in [0.25, 0.3) is 11.4 Å². The molecule has 0 unspecified atom stereocenters. The first-order chi connectivity index (χ1) is 7.97. The Morgan fingerprint density at radius 1 is 1.29 bits per heavy atom. The summed E-state index contributed by atoms with van der Waals surface area (Å²) in [5.41, 5.74) is 7.51. The molecule has 2 N–H and O–H groups in total. The number of aryl methyl sites for hydroxylation is 1. The lowest BCUT2D eigenvalue weighted by Crippen LogP contribution is -1.96. The van der Waals surface area contributed by atoms with Crippen molar-refractivity contribution < 1.29 is 0 Å². The van der Waals surface area contributed by atoms with Crippen LogP contribution in [0.5, 0.6) is 0 Å². The third kappa shape index (κ3) is 2.49. The molecule has 0 bridgehead atoms. The molecule has 0 aliphatic carbocycles. The van der Waals surface area contributed by atoms with Crippen LogP contribution in [0.3, 0.4) is 0 Å². The van der Waals surface area contributed by atoms with E-state index in [0.29, 0.717) is 11.6 Å². The second-order valence-electron chi connectivity index (χ2n) is 4.35. The quantitative estimate of drug-likeness (QED) is 0.867. The van der Waals surface area contributed by atoms with Crippen molar-refractivity contribution in [1.82, 2.24) is 14.8 Å². The van der Waals surface area contributed by atoms with Gasteiger partial charge in [-0.2, -0.15) is 5.10 Å². The molecule has 0 saturated carbocycles. The van der Waals surface area contributed by atoms with Crippen molar-refractivity contribution in [1.29, 1.82) is 0 Å². The van der Waals surface area contributed by atoms with E-state index >= 15 is 0 Å². The third-order valence-corrected chi connectivity index (χ3v) is 2.93. The number of hydrogen-bond donors (Lipinski definition) is 1. The Bertz CT molecular complexity index is 525. The minimum Gasteiger partial charge on any atom is -0.399 e. The SMILES string of the molecule is CC(C)c1nc(-c2cc(N)cc(Br)c2)n(C)n1. The highest BCUT2D eigenvalue weighted by Gasteiger charge is 2.12. The number of rotatable bonds is 2. The van der Waals surface area contributed by atoms with Crippen LogP contribution in [-0.2, 0) is 7.05 Å². The normalized spacial score (nSPS) is 11.1. The van der Waals surface area contributed by atoms with Crippen LogP contribution in [0, 0.1) is 0 Å². The summed E-state index contributed by atoms with van der Waals surface area (Å²) < 4.78 is 2.73. The van der Waals surface area contributed by atoms with Gasteiger partial charge in [-0.15, -0.1) is 0 Å². The number of aromatic nitrogens is 3. The lowest BCUT2D eigenvalue weighted by Gasteiger charge is -2.02. The molecule has 0 fully saturated rings. The molecular formula is C12H15BrN4. The average Bonchev–Trinajstić information content (AvgIpc) is 2.59. The van der Waals surface area contributed by atoms with Crippen molar-refractivity contribution in [2.45, 2.75) is 19.8 Å². The fourth-order valence-electron chi connectivity index (χ4n) is 1.64. The Hall–Kier alpha value is -1.36. The maximum atomic E-state index is 5.83. The maximum Gasteiger partial charge on any atom is 0.158 e. The predicted octanol–water partition coefficient (Wildman–Crippen LogP) is 2.95. The number of halogens is 1. The van der Waals surface area contributed by atoms with Gasteiger partial charge in [0.05, 0.1) is 0 Å². The van der Waals surface area contributed by atoms with Crippen molar-refractivity contribution in [2.75, 3.05) is 5.73 Å². The summed E-state index contributed by atoms with van der Waals surface area (Å²) in [7, 11) is 1.89. The Morgan fingerprint density at radius 2 is 2.00 bits per heavy atom. The molecule has 1 aromatic carbocycles. The van der Waals surface area contributed by atoms with Crippen LogP contribution in [0.15, 0.2) is 22.7 Å². The summed E-state index contributed by atoms with van der Waals surface area (Å²) in [6.45, 7) is 4.16. The highest BCUT2D eigenvalue weighted by atomic mass is 79.9. The van der Waals surface area contributed by atoms with Crippen molar-refractivity contribution in [3.8, 4) is 11.4 Å². The molecule has 1 heterocycles. The molecule has 0 amide bonds. The molecule has 17 heavy (non-hydrogen) atoms. The second kappa shape index (κ2) is 4.49. The van der Waals surface area contributed by atoms with E-state index in [1.165, 1.54) is 0 Å². The molecule has 90 valence electrons. The Kier molecular flexibility index (Phi) is 3.19. The molecule has 0 aliphatic heterocycles. The second-order valence-corrected chi connectivity index (χ2v) is 5.26. The zero-order chi connectivity index (χ0) is 12.6. The Morgan fingerprint density at radius 3 is 2.53 bits per heavy atom. The van der Waals surface area contributed by atoms with Gasteiger partial charge in [-0.25, -0.2) is 9.67 Å². The van der Waals surface area contributed by atoms with Crippen LogP contribution >= 0.6 is 15.9 Å². The number of nitrogen functional groups attached to an aromatic ring is 1. The number of benzene rings is 1. The van der Waals surface area contributed by atoms with Gasteiger partial charge in [-0.05, 0) is 18.2 Å². The zero-order valence-electron chi connectivity index (χ0n) is 10.1. The van der Waals surface area contributed by atoms with E-state index in [2.05, 4.69) is 39.9 Å². The summed E-state index contributed by atoms with van der Waals surface area (Å²) in [5.74, 6) is 2.00. The lowest BCUT2D eigenvalue weighted by molar-refractivity contribution is 0.712. The Balaban J connectivity index is 2.52. The third-order valence-electron chi connectivity index (χ3n) is 2.47. The Labute approximate surface area is 109 Å². The van der Waals surface area contributed by atoms with E-state index in [1.807, 2.05) is 25.2 Å². The van der Waals surface area contributed by atoms with Crippen LogP contribution in [0.4, 0.5) is 5.69 Å². The van der Waals surface area contributed by atoms with Crippen LogP contribution in [0.2, 0.25) is 0 Å². The van der Waals surface area contributed by atoms with Gasteiger partial charge in [0, 0.05) is 28.7 Å². The minimum absolute atomic E-state index is 0.319. The summed E-state index contributed by atoms with van der Waals surface area (Å²) in [4.78, 5) is 4.54. The molecule has 0 spiro atoms. The topological polar surface area (TPSA) is 56.7 Å². The van der Waals surface area contributed by atoms with E-state index in [0.717, 1.165) is 21.7 Å². The number of anilines is 1. The van der Waals surface area contributed by atoms with Crippen LogP contribution in [-0.4, -0.2) is 14.8 Å². The van der Waals surface area contributed by atoms with E-state index in [9.17, 15) is 0 Å². The van der Waals surface area contributed by atoms with Crippen molar-refractivity contribution in [2.24, 2.45) is 7.05 Å². The smallest absolute Gasteiger partial charge is 0.158 e. The molecule has 1 aromatic heterocycles. The standard InChI is InChI=1S/C12H15BrN4/c1-7(2)11-15-12(17(3)16-11)8-4-9(13)6-10(14)5-8/h4-7H,14H2,1-3H3. The van der Waals surface area contributed by atoms with Crippen molar-refractivity contribution >= 4 is 21.6 Å². The fourth-order valence-corrected chi connectivity index (χ4v) is 2.15. The highest BCUT2D eigenvalue weighted by molar-refractivity contribution is 9.10. The lowest BCUT2D eigenvalue weighted by atomic mass is 10.2. The number of nitrogens with zero attached hydrogens (tertiary/aromatic N) is 3. The average molecular weight is 295 g/mol. The van der Waals surface area contributed by atoms with Gasteiger partial charge in [0.2, 0.25) is 0 Å². The molecule has 0 radical (unpaired) electrons. The van der Waals surface area contributed by atoms with Gasteiger partial charge in [-0.3, -0.25) is 0 Å². The first-order valence-electron chi connectivity index (χ1n) is 5.44. The maximum absolute atomic E-state index is 5.83. The summed E-state index contributed by atoms with van der Waals surface area (Å²) in [5, 5.41) is 4.40. The van der Waals surface area contributed by atoms with Gasteiger partial charge in [0.15, 0.2) is 11.6 Å². The van der Waals surface area contributed by atoms with Gasteiger partial charge in [0.25, 0.3) is 0 Å². The summed E-state index contributed by atoms with van der Waals surface area (Å²) in [6.07, 6.45) is 0. The molecular weight excluding hydrogens is 280 g/mol. The van der Waals surface area contributed by atoms with Gasteiger partial charge in [0.1, 0.15) is 0 Å². The first kappa shape index (κ1) is 12.1.